The SMILES string of the molecule is C/C(=C/C=C/C=C/[C@@H](O)c1cnco1)[C@@H](O)C(C)(C)C(N)=O. The van der Waals surface area contributed by atoms with Crippen LogP contribution >= 0.6 is 0 Å². The normalized spacial score (nSPS) is 16.3. The van der Waals surface area contributed by atoms with Crippen LogP contribution in [0.5, 0.6) is 0 Å². The van der Waals surface area contributed by atoms with Crippen LogP contribution in [0.25, 0.3) is 0 Å². The van der Waals surface area contributed by atoms with Crippen molar-refractivity contribution in [3.63, 3.8) is 0 Å². The van der Waals surface area contributed by atoms with Crippen molar-refractivity contribution in [3.05, 3.63) is 54.3 Å². The number of carbonyl (C=O) groups is 1. The van der Waals surface area contributed by atoms with E-state index in [0.717, 1.165) is 0 Å². The zero-order chi connectivity index (χ0) is 16.8. The first-order valence-corrected chi connectivity index (χ1v) is 6.83. The topological polar surface area (TPSA) is 110 Å². The van der Waals surface area contributed by atoms with Crippen molar-refractivity contribution in [1.82, 2.24) is 4.98 Å². The van der Waals surface area contributed by atoms with E-state index in [2.05, 4.69) is 4.98 Å². The lowest BCUT2D eigenvalue weighted by molar-refractivity contribution is -0.130. The summed E-state index contributed by atoms with van der Waals surface area (Å²) >= 11 is 0. The summed E-state index contributed by atoms with van der Waals surface area (Å²) in [5, 5.41) is 19.8. The lowest BCUT2D eigenvalue weighted by atomic mass is 9.82. The number of amides is 1. The Balaban J connectivity index is 2.61. The number of carbonyl (C=O) groups excluding carboxylic acids is 1. The Morgan fingerprint density at radius 3 is 2.59 bits per heavy atom. The lowest BCUT2D eigenvalue weighted by Crippen LogP contribution is -2.42. The molecule has 0 aliphatic heterocycles. The standard InChI is InChI=1S/C16H22N2O4/c1-11(14(20)16(2,3)15(17)21)7-5-4-6-8-12(19)13-9-18-10-22-13/h4-10,12,14,19-20H,1-3H3,(H2,17,21)/b5-4+,8-6+,11-7-/t12-,14-/m1/s1. The molecular weight excluding hydrogens is 284 g/mol. The molecule has 2 atom stereocenters. The first-order chi connectivity index (χ1) is 10.3. The van der Waals surface area contributed by atoms with E-state index in [4.69, 9.17) is 10.2 Å². The van der Waals surface area contributed by atoms with Gasteiger partial charge in [-0.1, -0.05) is 24.3 Å². The molecule has 0 bridgehead atoms. The number of rotatable bonds is 7. The number of aliphatic hydroxyl groups excluding tert-OH is 2. The van der Waals surface area contributed by atoms with E-state index in [1.165, 1.54) is 18.7 Å². The highest BCUT2D eigenvalue weighted by Crippen LogP contribution is 2.25. The molecule has 1 aromatic rings. The van der Waals surface area contributed by atoms with Gasteiger partial charge in [0.25, 0.3) is 0 Å². The maximum atomic E-state index is 11.3. The molecule has 1 amide bonds. The maximum absolute atomic E-state index is 11.3. The molecule has 22 heavy (non-hydrogen) atoms. The van der Waals surface area contributed by atoms with Crippen molar-refractivity contribution in [2.75, 3.05) is 0 Å². The third-order valence-corrected chi connectivity index (χ3v) is 3.37. The Labute approximate surface area is 129 Å². The molecular formula is C16H22N2O4. The average Bonchev–Trinajstić information content (AvgIpc) is 2.99. The molecule has 0 aliphatic rings. The highest BCUT2D eigenvalue weighted by atomic mass is 16.4. The van der Waals surface area contributed by atoms with Gasteiger partial charge in [-0.2, -0.15) is 0 Å². The number of hydrogen-bond donors (Lipinski definition) is 3. The summed E-state index contributed by atoms with van der Waals surface area (Å²) in [6.45, 7) is 4.90. The third kappa shape index (κ3) is 4.68. The summed E-state index contributed by atoms with van der Waals surface area (Å²) in [4.78, 5) is 15.0. The molecule has 0 fully saturated rings. The lowest BCUT2D eigenvalue weighted by Gasteiger charge is -2.27. The molecule has 4 N–H and O–H groups in total. The zero-order valence-electron chi connectivity index (χ0n) is 12.9. The highest BCUT2D eigenvalue weighted by Gasteiger charge is 2.34. The van der Waals surface area contributed by atoms with Crippen LogP contribution in [0.4, 0.5) is 0 Å². The van der Waals surface area contributed by atoms with Gasteiger partial charge < -0.3 is 20.4 Å². The molecule has 0 unspecified atom stereocenters. The first kappa shape index (κ1) is 17.9. The van der Waals surface area contributed by atoms with Crippen molar-refractivity contribution < 1.29 is 19.4 Å². The molecule has 120 valence electrons. The van der Waals surface area contributed by atoms with Gasteiger partial charge >= 0.3 is 0 Å². The Morgan fingerprint density at radius 1 is 1.36 bits per heavy atom. The van der Waals surface area contributed by atoms with Crippen molar-refractivity contribution in [2.45, 2.75) is 33.0 Å². The van der Waals surface area contributed by atoms with Crippen LogP contribution in [0.15, 0.2) is 53.0 Å². The van der Waals surface area contributed by atoms with E-state index in [1.54, 1.807) is 45.1 Å². The van der Waals surface area contributed by atoms with Gasteiger partial charge in [0, 0.05) is 0 Å². The largest absolute Gasteiger partial charge is 0.445 e. The van der Waals surface area contributed by atoms with E-state index >= 15 is 0 Å². The minimum Gasteiger partial charge on any atom is -0.445 e. The van der Waals surface area contributed by atoms with Gasteiger partial charge in [0.2, 0.25) is 5.91 Å². The number of hydrogen-bond acceptors (Lipinski definition) is 5. The second-order valence-electron chi connectivity index (χ2n) is 5.52. The summed E-state index contributed by atoms with van der Waals surface area (Å²) in [6, 6.07) is 0. The van der Waals surface area contributed by atoms with Crippen molar-refractivity contribution >= 4 is 5.91 Å². The van der Waals surface area contributed by atoms with Gasteiger partial charge in [-0.15, -0.1) is 0 Å². The van der Waals surface area contributed by atoms with Crippen LogP contribution in [-0.4, -0.2) is 27.2 Å². The fourth-order valence-electron chi connectivity index (χ4n) is 1.70. The predicted octanol–water partition coefficient (Wildman–Crippen LogP) is 1.64. The zero-order valence-corrected chi connectivity index (χ0v) is 12.9. The molecule has 0 saturated heterocycles. The predicted molar refractivity (Wildman–Crippen MR) is 82.5 cm³/mol. The van der Waals surface area contributed by atoms with Crippen molar-refractivity contribution in [3.8, 4) is 0 Å². The van der Waals surface area contributed by atoms with Crippen molar-refractivity contribution in [2.24, 2.45) is 11.1 Å². The van der Waals surface area contributed by atoms with Gasteiger partial charge in [-0.3, -0.25) is 4.79 Å². The fourth-order valence-corrected chi connectivity index (χ4v) is 1.70. The summed E-state index contributed by atoms with van der Waals surface area (Å²) in [5.41, 5.74) is 4.85. The second-order valence-corrected chi connectivity index (χ2v) is 5.52. The molecule has 0 aromatic carbocycles. The molecule has 0 spiro atoms. The number of nitrogens with two attached hydrogens (primary N) is 1. The molecule has 6 heteroatoms. The highest BCUT2D eigenvalue weighted by molar-refractivity contribution is 5.81. The Hall–Kier alpha value is -2.18. The monoisotopic (exact) mass is 306 g/mol. The molecule has 1 aromatic heterocycles. The van der Waals surface area contributed by atoms with Crippen LogP contribution in [0.2, 0.25) is 0 Å². The van der Waals surface area contributed by atoms with E-state index < -0.39 is 23.5 Å². The van der Waals surface area contributed by atoms with E-state index in [9.17, 15) is 15.0 Å². The average molecular weight is 306 g/mol. The summed E-state index contributed by atoms with van der Waals surface area (Å²) < 4.78 is 4.96. The first-order valence-electron chi connectivity index (χ1n) is 6.83. The summed E-state index contributed by atoms with van der Waals surface area (Å²) in [5.74, 6) is -0.207. The van der Waals surface area contributed by atoms with Crippen LogP contribution in [-0.2, 0) is 4.79 Å². The fraction of sp³-hybridized carbons (Fsp3) is 0.375. The number of primary amides is 1. The quantitative estimate of drug-likeness (QED) is 0.663. The Bertz CT molecular complexity index is 571. The number of allylic oxidation sites excluding steroid dienone is 4. The molecule has 0 saturated carbocycles. The summed E-state index contributed by atoms with van der Waals surface area (Å²) in [6.07, 6.45) is 9.09. The second kappa shape index (κ2) is 7.72. The molecule has 1 heterocycles. The van der Waals surface area contributed by atoms with Gasteiger partial charge in [-0.25, -0.2) is 4.98 Å². The van der Waals surface area contributed by atoms with Gasteiger partial charge in [0.1, 0.15) is 6.10 Å². The van der Waals surface area contributed by atoms with Crippen LogP contribution < -0.4 is 5.73 Å². The maximum Gasteiger partial charge on any atom is 0.226 e. The van der Waals surface area contributed by atoms with E-state index in [-0.39, 0.29) is 0 Å². The van der Waals surface area contributed by atoms with Gasteiger partial charge in [-0.05, 0) is 32.4 Å². The Kier molecular flexibility index (Phi) is 6.27. The van der Waals surface area contributed by atoms with E-state index in [0.29, 0.717) is 11.3 Å². The van der Waals surface area contributed by atoms with Crippen LogP contribution in [0, 0.1) is 5.41 Å². The van der Waals surface area contributed by atoms with Gasteiger partial charge in [0.05, 0.1) is 17.7 Å². The molecule has 0 radical (unpaired) electrons. The minimum absolute atomic E-state index is 0.356. The Morgan fingerprint density at radius 2 is 2.05 bits per heavy atom. The van der Waals surface area contributed by atoms with Crippen LogP contribution in [0.1, 0.15) is 32.6 Å². The van der Waals surface area contributed by atoms with Crippen LogP contribution in [0.3, 0.4) is 0 Å². The van der Waals surface area contributed by atoms with E-state index in [1.807, 2.05) is 0 Å². The number of aromatic nitrogens is 1. The smallest absolute Gasteiger partial charge is 0.226 e. The minimum atomic E-state index is -1.03. The number of aliphatic hydroxyl groups is 2. The number of nitrogens with zero attached hydrogens (tertiary/aromatic N) is 1. The molecule has 1 rings (SSSR count). The third-order valence-electron chi connectivity index (χ3n) is 3.37. The molecule has 0 aliphatic carbocycles. The van der Waals surface area contributed by atoms with Gasteiger partial charge in [0.15, 0.2) is 12.2 Å². The van der Waals surface area contributed by atoms with Crippen molar-refractivity contribution in [1.29, 1.82) is 0 Å². The molecule has 6 nitrogen and oxygen atoms in total. The summed E-state index contributed by atoms with van der Waals surface area (Å²) in [7, 11) is 0. The number of oxazole rings is 1.